The van der Waals surface area contributed by atoms with Gasteiger partial charge in [0.05, 0.1) is 11.3 Å². The van der Waals surface area contributed by atoms with Crippen molar-refractivity contribution < 1.29 is 4.39 Å². The van der Waals surface area contributed by atoms with E-state index in [1.807, 2.05) is 30.3 Å². The highest BCUT2D eigenvalue weighted by molar-refractivity contribution is 5.62. The molecule has 100 valence electrons. The molecular weight excluding hydrogens is 255 g/mol. The third-order valence-electron chi connectivity index (χ3n) is 3.19. The van der Waals surface area contributed by atoms with Crippen molar-refractivity contribution in [1.29, 1.82) is 0 Å². The highest BCUT2D eigenvalue weighted by Crippen LogP contribution is 2.17. The number of halogens is 1. The van der Waals surface area contributed by atoms with Crippen molar-refractivity contribution >= 4 is 0 Å². The molecule has 1 heterocycles. The smallest absolute Gasteiger partial charge is 0.279 e. The maximum absolute atomic E-state index is 13.3. The lowest BCUT2D eigenvalue weighted by atomic mass is 10.1. The van der Waals surface area contributed by atoms with Gasteiger partial charge in [-0.25, -0.2) is 9.07 Å². The van der Waals surface area contributed by atoms with Crippen LogP contribution in [0.1, 0.15) is 0 Å². The molecule has 2 aromatic carbocycles. The van der Waals surface area contributed by atoms with E-state index >= 15 is 0 Å². The molecule has 0 saturated carbocycles. The van der Waals surface area contributed by atoms with Crippen molar-refractivity contribution in [2.75, 3.05) is 0 Å². The number of benzene rings is 2. The zero-order chi connectivity index (χ0) is 14.1. The minimum atomic E-state index is -0.350. The molecule has 0 atom stereocenters. The molecule has 0 spiro atoms. The molecule has 0 unspecified atom stereocenters. The number of rotatable bonds is 2. The van der Waals surface area contributed by atoms with Crippen molar-refractivity contribution in [3.63, 3.8) is 0 Å². The van der Waals surface area contributed by atoms with Gasteiger partial charge < -0.3 is 0 Å². The molecule has 0 radical (unpaired) electrons. The second kappa shape index (κ2) is 4.81. The van der Waals surface area contributed by atoms with Crippen LogP contribution in [0, 0.1) is 5.82 Å². The summed E-state index contributed by atoms with van der Waals surface area (Å²) in [7, 11) is 1.79. The van der Waals surface area contributed by atoms with E-state index in [4.69, 9.17) is 0 Å². The Morgan fingerprint density at radius 1 is 1.00 bits per heavy atom. The van der Waals surface area contributed by atoms with Gasteiger partial charge in [-0.1, -0.05) is 30.3 Å². The summed E-state index contributed by atoms with van der Waals surface area (Å²) in [6.45, 7) is 0. The zero-order valence-electron chi connectivity index (χ0n) is 11.0. The Morgan fingerprint density at radius 3 is 2.45 bits per heavy atom. The Bertz CT molecular complexity index is 803. The topological polar surface area (TPSA) is 26.9 Å². The van der Waals surface area contributed by atoms with Crippen molar-refractivity contribution in [2.45, 2.75) is 0 Å². The number of nitrogens with zero attached hydrogens (tertiary/aromatic N) is 2. The van der Waals surface area contributed by atoms with Crippen LogP contribution in [0.5, 0.6) is 0 Å². The molecule has 20 heavy (non-hydrogen) atoms. The molecule has 0 aliphatic heterocycles. The summed E-state index contributed by atoms with van der Waals surface area (Å²) in [6.07, 6.45) is 1.71. The normalized spacial score (nSPS) is 10.7. The van der Waals surface area contributed by atoms with Crippen LogP contribution in [0.15, 0.2) is 65.6 Å². The lowest BCUT2D eigenvalue weighted by Gasteiger charge is -2.05. The molecule has 0 bridgehead atoms. The molecule has 3 aromatic rings. The van der Waals surface area contributed by atoms with Crippen LogP contribution >= 0.6 is 0 Å². The Kier molecular flexibility index (Phi) is 2.99. The number of aryl methyl sites for hydroxylation is 1. The van der Waals surface area contributed by atoms with Crippen LogP contribution < -0.4 is 5.56 Å². The van der Waals surface area contributed by atoms with Gasteiger partial charge in [-0.3, -0.25) is 9.48 Å². The average molecular weight is 268 g/mol. The highest BCUT2D eigenvalue weighted by Gasteiger charge is 2.12. The van der Waals surface area contributed by atoms with Gasteiger partial charge in [0.25, 0.3) is 5.56 Å². The van der Waals surface area contributed by atoms with Crippen molar-refractivity contribution in [2.24, 2.45) is 7.05 Å². The van der Waals surface area contributed by atoms with E-state index in [1.165, 1.54) is 12.1 Å². The summed E-state index contributed by atoms with van der Waals surface area (Å²) in [5.41, 5.74) is 1.68. The van der Waals surface area contributed by atoms with Crippen molar-refractivity contribution in [3.05, 3.63) is 77.0 Å². The largest absolute Gasteiger partial charge is 0.288 e. The van der Waals surface area contributed by atoms with Crippen LogP contribution in [-0.2, 0) is 7.05 Å². The first kappa shape index (κ1) is 12.4. The van der Waals surface area contributed by atoms with E-state index in [2.05, 4.69) is 0 Å². The fourth-order valence-corrected chi connectivity index (χ4v) is 2.28. The summed E-state index contributed by atoms with van der Waals surface area (Å²) in [4.78, 5) is 12.5. The Balaban J connectivity index is 2.20. The van der Waals surface area contributed by atoms with Crippen LogP contribution in [0.4, 0.5) is 4.39 Å². The lowest BCUT2D eigenvalue weighted by molar-refractivity contribution is 0.628. The monoisotopic (exact) mass is 268 g/mol. The van der Waals surface area contributed by atoms with E-state index in [-0.39, 0.29) is 11.4 Å². The van der Waals surface area contributed by atoms with Gasteiger partial charge in [0.1, 0.15) is 5.82 Å². The second-order valence-corrected chi connectivity index (χ2v) is 4.58. The standard InChI is InChI=1S/C16H13FN2O/c1-18-11-15(12-6-5-7-13(17)10-12)16(20)19(18)14-8-3-2-4-9-14/h2-11H,1H3. The Hall–Kier alpha value is -2.62. The zero-order valence-corrected chi connectivity index (χ0v) is 11.0. The van der Waals surface area contributed by atoms with E-state index < -0.39 is 0 Å². The fourth-order valence-electron chi connectivity index (χ4n) is 2.28. The third kappa shape index (κ3) is 2.05. The predicted molar refractivity (Wildman–Crippen MR) is 76.4 cm³/mol. The molecule has 0 fully saturated rings. The van der Waals surface area contributed by atoms with E-state index in [9.17, 15) is 9.18 Å². The molecule has 1 aromatic heterocycles. The molecule has 3 rings (SSSR count). The van der Waals surface area contributed by atoms with Crippen LogP contribution in [-0.4, -0.2) is 9.36 Å². The lowest BCUT2D eigenvalue weighted by Crippen LogP contribution is -2.19. The number of hydrogen-bond donors (Lipinski definition) is 0. The highest BCUT2D eigenvalue weighted by atomic mass is 19.1. The van der Waals surface area contributed by atoms with Gasteiger partial charge in [0, 0.05) is 13.2 Å². The number of aromatic nitrogens is 2. The first-order chi connectivity index (χ1) is 9.66. The molecule has 0 aliphatic rings. The predicted octanol–water partition coefficient (Wildman–Crippen LogP) is 2.98. The summed E-state index contributed by atoms with van der Waals surface area (Å²) in [5, 5.41) is 0. The first-order valence-electron chi connectivity index (χ1n) is 6.27. The molecular formula is C16H13FN2O. The van der Waals surface area contributed by atoms with E-state index in [0.29, 0.717) is 11.1 Å². The summed E-state index contributed by atoms with van der Waals surface area (Å²) >= 11 is 0. The van der Waals surface area contributed by atoms with E-state index in [0.717, 1.165) is 5.69 Å². The maximum Gasteiger partial charge on any atom is 0.279 e. The number of para-hydroxylation sites is 1. The van der Waals surface area contributed by atoms with Gasteiger partial charge in [0.15, 0.2) is 0 Å². The minimum absolute atomic E-state index is 0.163. The summed E-state index contributed by atoms with van der Waals surface area (Å²) in [6, 6.07) is 15.4. The van der Waals surface area contributed by atoms with Gasteiger partial charge in [-0.15, -0.1) is 0 Å². The Morgan fingerprint density at radius 2 is 1.75 bits per heavy atom. The first-order valence-corrected chi connectivity index (χ1v) is 6.27. The molecule has 0 aliphatic carbocycles. The minimum Gasteiger partial charge on any atom is -0.288 e. The van der Waals surface area contributed by atoms with Crippen molar-refractivity contribution in [1.82, 2.24) is 9.36 Å². The average Bonchev–Trinajstić information content (AvgIpc) is 2.75. The molecule has 0 saturated heterocycles. The molecule has 0 N–H and O–H groups in total. The third-order valence-corrected chi connectivity index (χ3v) is 3.19. The number of hydrogen-bond acceptors (Lipinski definition) is 1. The molecule has 0 amide bonds. The molecule has 4 heteroatoms. The van der Waals surface area contributed by atoms with E-state index in [1.54, 1.807) is 34.7 Å². The van der Waals surface area contributed by atoms with Crippen LogP contribution in [0.3, 0.4) is 0 Å². The Labute approximate surface area is 115 Å². The maximum atomic E-state index is 13.3. The van der Waals surface area contributed by atoms with Gasteiger partial charge in [-0.05, 0) is 29.8 Å². The van der Waals surface area contributed by atoms with Gasteiger partial charge in [-0.2, -0.15) is 0 Å². The summed E-state index contributed by atoms with van der Waals surface area (Å²) < 4.78 is 16.6. The van der Waals surface area contributed by atoms with Crippen LogP contribution in [0.25, 0.3) is 16.8 Å². The van der Waals surface area contributed by atoms with Crippen LogP contribution in [0.2, 0.25) is 0 Å². The van der Waals surface area contributed by atoms with Gasteiger partial charge in [0.2, 0.25) is 0 Å². The fraction of sp³-hybridized carbons (Fsp3) is 0.0625. The summed E-state index contributed by atoms with van der Waals surface area (Å²) in [5.74, 6) is -0.350. The molecule has 3 nitrogen and oxygen atoms in total. The van der Waals surface area contributed by atoms with Crippen molar-refractivity contribution in [3.8, 4) is 16.8 Å². The second-order valence-electron chi connectivity index (χ2n) is 4.58. The quantitative estimate of drug-likeness (QED) is 0.702. The SMILES string of the molecule is Cn1cc(-c2cccc(F)c2)c(=O)n1-c1ccccc1. The van der Waals surface area contributed by atoms with Gasteiger partial charge >= 0.3 is 0 Å².